The second-order valence-corrected chi connectivity index (χ2v) is 5.50. The average Bonchev–Trinajstić information content (AvgIpc) is 2.28. The molecular weight excluding hydrogens is 312 g/mol. The molecule has 1 aliphatic heterocycles. The van der Waals surface area contributed by atoms with Crippen molar-refractivity contribution in [3.05, 3.63) is 45.6 Å². The van der Waals surface area contributed by atoms with Crippen molar-refractivity contribution in [1.82, 2.24) is 10.6 Å². The summed E-state index contributed by atoms with van der Waals surface area (Å²) >= 11 is 8.55. The maximum absolute atomic E-state index is 11.8. The van der Waals surface area contributed by atoms with E-state index in [1.165, 1.54) is 0 Å². The Hall–Kier alpha value is -1.20. The molecule has 1 heterocycles. The molecule has 0 aromatic heterocycles. The van der Waals surface area contributed by atoms with Gasteiger partial charge in [-0.1, -0.05) is 28.1 Å². The normalized spacial score (nSPS) is 19.3. The molecule has 1 aromatic rings. The predicted octanol–water partition coefficient (Wildman–Crippen LogP) is 2.83. The number of halogens is 1. The zero-order valence-electron chi connectivity index (χ0n) is 10.1. The van der Waals surface area contributed by atoms with Crippen molar-refractivity contribution in [2.24, 2.45) is 0 Å². The Morgan fingerprint density at radius 3 is 2.50 bits per heavy atom. The Kier molecular flexibility index (Phi) is 3.82. The molecule has 1 atom stereocenters. The molecule has 0 fully saturated rings. The van der Waals surface area contributed by atoms with Gasteiger partial charge in [0.05, 0.1) is 6.04 Å². The Bertz CT molecular complexity index is 536. The third-order valence-corrected chi connectivity index (χ3v) is 3.60. The van der Waals surface area contributed by atoms with Crippen molar-refractivity contribution < 1.29 is 4.79 Å². The second-order valence-electron chi connectivity index (χ2n) is 4.18. The van der Waals surface area contributed by atoms with E-state index in [1.54, 1.807) is 6.92 Å². The van der Waals surface area contributed by atoms with Crippen LogP contribution in [0.25, 0.3) is 0 Å². The Labute approximate surface area is 120 Å². The summed E-state index contributed by atoms with van der Waals surface area (Å²) in [7, 11) is 0. The smallest absolute Gasteiger partial charge is 0.171 e. The summed E-state index contributed by atoms with van der Waals surface area (Å²) in [6.45, 7) is 3.44. The van der Waals surface area contributed by atoms with Gasteiger partial charge in [-0.3, -0.25) is 4.79 Å². The van der Waals surface area contributed by atoms with E-state index < -0.39 is 0 Å². The molecule has 2 N–H and O–H groups in total. The molecule has 0 saturated carbocycles. The molecule has 2 rings (SSSR count). The SMILES string of the molecule is CC(=O)C1=C(C)NC(=S)NC1c1ccc(Br)cc1. The molecule has 0 bridgehead atoms. The molecule has 0 radical (unpaired) electrons. The van der Waals surface area contributed by atoms with E-state index in [0.29, 0.717) is 5.11 Å². The number of Topliss-reactive ketones (excluding diaryl/α,β-unsaturated/α-hetero) is 1. The van der Waals surface area contributed by atoms with Crippen LogP contribution in [0.4, 0.5) is 0 Å². The number of allylic oxidation sites excluding steroid dienone is 1. The van der Waals surface area contributed by atoms with Crippen LogP contribution in [-0.4, -0.2) is 10.9 Å². The van der Waals surface area contributed by atoms with E-state index in [-0.39, 0.29) is 11.8 Å². The number of carbonyl (C=O) groups is 1. The molecule has 3 nitrogen and oxygen atoms in total. The fourth-order valence-corrected chi connectivity index (χ4v) is 2.60. The molecule has 0 aliphatic carbocycles. The highest BCUT2D eigenvalue weighted by Crippen LogP contribution is 2.27. The quantitative estimate of drug-likeness (QED) is 0.821. The predicted molar refractivity (Wildman–Crippen MR) is 79.1 cm³/mol. The van der Waals surface area contributed by atoms with Crippen LogP contribution >= 0.6 is 28.1 Å². The molecule has 0 amide bonds. The summed E-state index contributed by atoms with van der Waals surface area (Å²) < 4.78 is 1.01. The van der Waals surface area contributed by atoms with Gasteiger partial charge < -0.3 is 10.6 Å². The van der Waals surface area contributed by atoms with Gasteiger partial charge in [-0.05, 0) is 43.8 Å². The van der Waals surface area contributed by atoms with E-state index in [2.05, 4.69) is 26.6 Å². The molecule has 0 spiro atoms. The highest BCUT2D eigenvalue weighted by atomic mass is 79.9. The van der Waals surface area contributed by atoms with Crippen LogP contribution in [0.15, 0.2) is 40.0 Å². The topological polar surface area (TPSA) is 41.1 Å². The summed E-state index contributed by atoms with van der Waals surface area (Å²) in [5, 5.41) is 6.68. The lowest BCUT2D eigenvalue weighted by atomic mass is 9.93. The number of benzene rings is 1. The first-order valence-corrected chi connectivity index (χ1v) is 6.74. The Balaban J connectivity index is 2.46. The van der Waals surface area contributed by atoms with E-state index >= 15 is 0 Å². The van der Waals surface area contributed by atoms with E-state index in [9.17, 15) is 4.79 Å². The lowest BCUT2D eigenvalue weighted by molar-refractivity contribution is -0.114. The number of thiocarbonyl (C=S) groups is 1. The average molecular weight is 325 g/mol. The van der Waals surface area contributed by atoms with Crippen molar-refractivity contribution in [3.8, 4) is 0 Å². The lowest BCUT2D eigenvalue weighted by Gasteiger charge is -2.29. The van der Waals surface area contributed by atoms with Crippen LogP contribution in [0.2, 0.25) is 0 Å². The first-order chi connectivity index (χ1) is 8.49. The minimum atomic E-state index is -0.177. The monoisotopic (exact) mass is 324 g/mol. The van der Waals surface area contributed by atoms with Crippen LogP contribution in [0.5, 0.6) is 0 Å². The number of hydrogen-bond donors (Lipinski definition) is 2. The van der Waals surface area contributed by atoms with Crippen LogP contribution in [0.1, 0.15) is 25.5 Å². The largest absolute Gasteiger partial charge is 0.351 e. The summed E-state index contributed by atoms with van der Waals surface area (Å²) in [4.78, 5) is 11.8. The summed E-state index contributed by atoms with van der Waals surface area (Å²) in [6, 6.07) is 7.69. The summed E-state index contributed by atoms with van der Waals surface area (Å²) in [5.74, 6) is 0.0444. The lowest BCUT2D eigenvalue weighted by Crippen LogP contribution is -2.44. The van der Waals surface area contributed by atoms with Gasteiger partial charge in [-0.2, -0.15) is 0 Å². The molecule has 0 saturated heterocycles. The number of rotatable bonds is 2. The molecule has 18 heavy (non-hydrogen) atoms. The second kappa shape index (κ2) is 5.20. The standard InChI is InChI=1S/C13H13BrN2OS/c1-7-11(8(2)17)12(16-13(18)15-7)9-3-5-10(14)6-4-9/h3-6,12H,1-2H3,(H2,15,16,18). The molecule has 1 aliphatic rings. The van der Waals surface area contributed by atoms with Gasteiger partial charge in [0.25, 0.3) is 0 Å². The zero-order valence-corrected chi connectivity index (χ0v) is 12.5. The van der Waals surface area contributed by atoms with Crippen molar-refractivity contribution in [2.45, 2.75) is 19.9 Å². The zero-order chi connectivity index (χ0) is 13.3. The van der Waals surface area contributed by atoms with E-state index in [4.69, 9.17) is 12.2 Å². The van der Waals surface area contributed by atoms with Crippen molar-refractivity contribution in [2.75, 3.05) is 0 Å². The van der Waals surface area contributed by atoms with Gasteiger partial charge in [0.2, 0.25) is 0 Å². The van der Waals surface area contributed by atoms with Crippen LogP contribution in [0, 0.1) is 0 Å². The highest BCUT2D eigenvalue weighted by molar-refractivity contribution is 9.10. The first kappa shape index (κ1) is 13.2. The minimum absolute atomic E-state index is 0.0444. The molecule has 1 aromatic carbocycles. The number of ketones is 1. The van der Waals surface area contributed by atoms with Gasteiger partial charge >= 0.3 is 0 Å². The Morgan fingerprint density at radius 1 is 1.33 bits per heavy atom. The molecule has 94 valence electrons. The van der Waals surface area contributed by atoms with Crippen molar-refractivity contribution in [3.63, 3.8) is 0 Å². The van der Waals surface area contributed by atoms with Crippen molar-refractivity contribution >= 4 is 39.0 Å². The van der Waals surface area contributed by atoms with Gasteiger partial charge in [-0.25, -0.2) is 0 Å². The molecular formula is C13H13BrN2OS. The van der Waals surface area contributed by atoms with Crippen LogP contribution in [0.3, 0.4) is 0 Å². The van der Waals surface area contributed by atoms with Crippen molar-refractivity contribution in [1.29, 1.82) is 0 Å². The highest BCUT2D eigenvalue weighted by Gasteiger charge is 2.27. The first-order valence-electron chi connectivity index (χ1n) is 5.53. The summed E-state index contributed by atoms with van der Waals surface area (Å²) in [6.07, 6.45) is 0. The van der Waals surface area contributed by atoms with Gasteiger partial charge in [-0.15, -0.1) is 0 Å². The van der Waals surface area contributed by atoms with Gasteiger partial charge in [0.1, 0.15) is 0 Å². The van der Waals surface area contributed by atoms with Gasteiger partial charge in [0, 0.05) is 15.7 Å². The maximum atomic E-state index is 11.8. The molecule has 5 heteroatoms. The fraction of sp³-hybridized carbons (Fsp3) is 0.231. The van der Waals surface area contributed by atoms with E-state index in [1.807, 2.05) is 31.2 Å². The third-order valence-electron chi connectivity index (χ3n) is 2.85. The van der Waals surface area contributed by atoms with Crippen LogP contribution in [-0.2, 0) is 4.79 Å². The van der Waals surface area contributed by atoms with Gasteiger partial charge in [0.15, 0.2) is 10.9 Å². The number of carbonyl (C=O) groups excluding carboxylic acids is 1. The Morgan fingerprint density at radius 2 is 1.94 bits per heavy atom. The maximum Gasteiger partial charge on any atom is 0.171 e. The number of hydrogen-bond acceptors (Lipinski definition) is 2. The van der Waals surface area contributed by atoms with Crippen LogP contribution < -0.4 is 10.6 Å². The number of nitrogens with one attached hydrogen (secondary N) is 2. The summed E-state index contributed by atoms with van der Waals surface area (Å²) in [5.41, 5.74) is 2.57. The van der Waals surface area contributed by atoms with E-state index in [0.717, 1.165) is 21.3 Å². The molecule has 1 unspecified atom stereocenters. The fourth-order valence-electron chi connectivity index (χ4n) is 2.07. The minimum Gasteiger partial charge on any atom is -0.351 e. The third kappa shape index (κ3) is 2.62.